The number of hydrogen-bond donors (Lipinski definition) is 2. The zero-order valence-corrected chi connectivity index (χ0v) is 18.6. The number of halogens is 1. The van der Waals surface area contributed by atoms with E-state index in [1.165, 1.54) is 5.56 Å². The number of benzene rings is 1. The molecule has 1 atom stereocenters. The number of hydrogen-bond acceptors (Lipinski definition) is 4. The summed E-state index contributed by atoms with van der Waals surface area (Å²) >= 11 is 0. The van der Waals surface area contributed by atoms with Gasteiger partial charge in [0.1, 0.15) is 0 Å². The molecule has 1 saturated heterocycles. The molecule has 1 heterocycles. The van der Waals surface area contributed by atoms with Crippen LogP contribution < -0.4 is 10.6 Å². The summed E-state index contributed by atoms with van der Waals surface area (Å²) in [5.74, 6) is 0.869. The first-order chi connectivity index (χ1) is 12.2. The molecule has 1 aromatic carbocycles. The van der Waals surface area contributed by atoms with E-state index < -0.39 is 0 Å². The minimum absolute atomic E-state index is 0. The largest absolute Gasteiger partial charge is 0.379 e. The highest BCUT2D eigenvalue weighted by Crippen LogP contribution is 2.06. The van der Waals surface area contributed by atoms with Gasteiger partial charge in [0.25, 0.3) is 0 Å². The van der Waals surface area contributed by atoms with Gasteiger partial charge in [-0.25, -0.2) is 0 Å². The number of rotatable bonds is 8. The Morgan fingerprint density at radius 1 is 1.19 bits per heavy atom. The highest BCUT2D eigenvalue weighted by Gasteiger charge is 2.13. The zero-order chi connectivity index (χ0) is 17.9. The van der Waals surface area contributed by atoms with Crippen LogP contribution in [0.25, 0.3) is 0 Å². The van der Waals surface area contributed by atoms with Gasteiger partial charge in [-0.05, 0) is 26.1 Å². The summed E-state index contributed by atoms with van der Waals surface area (Å²) in [4.78, 5) is 9.03. The third-order valence-corrected chi connectivity index (χ3v) is 4.60. The molecule has 0 radical (unpaired) electrons. The van der Waals surface area contributed by atoms with Gasteiger partial charge in [0.05, 0.1) is 13.2 Å². The lowest BCUT2D eigenvalue weighted by Gasteiger charge is -2.27. The summed E-state index contributed by atoms with van der Waals surface area (Å²) in [5.41, 5.74) is 1.36. The average Bonchev–Trinajstić information content (AvgIpc) is 2.65. The Labute approximate surface area is 175 Å². The quantitative estimate of drug-likeness (QED) is 0.337. The van der Waals surface area contributed by atoms with E-state index >= 15 is 0 Å². The van der Waals surface area contributed by atoms with Crippen molar-refractivity contribution in [2.75, 3.05) is 67.1 Å². The molecule has 1 unspecified atom stereocenters. The molecule has 0 aromatic heterocycles. The van der Waals surface area contributed by atoms with Gasteiger partial charge in [-0.2, -0.15) is 0 Å². The molecule has 0 amide bonds. The summed E-state index contributed by atoms with van der Waals surface area (Å²) in [5, 5.41) is 6.88. The lowest BCUT2D eigenvalue weighted by atomic mass is 10.1. The number of aliphatic imine (C=N–C) groups is 1. The molecule has 26 heavy (non-hydrogen) atoms. The van der Waals surface area contributed by atoms with Crippen molar-refractivity contribution in [3.63, 3.8) is 0 Å². The smallest absolute Gasteiger partial charge is 0.191 e. The van der Waals surface area contributed by atoms with Crippen LogP contribution in [0.1, 0.15) is 5.56 Å². The van der Waals surface area contributed by atoms with E-state index in [2.05, 4.69) is 69.9 Å². The van der Waals surface area contributed by atoms with Crippen molar-refractivity contribution in [2.45, 2.75) is 12.5 Å². The number of morpholine rings is 1. The van der Waals surface area contributed by atoms with Crippen LogP contribution in [-0.2, 0) is 11.2 Å². The van der Waals surface area contributed by atoms with Crippen LogP contribution in [0.3, 0.4) is 0 Å². The SMILES string of the molecule is CN=C(NCCN1CCOCC1)NCC(Cc1ccccc1)N(C)C.I. The van der Waals surface area contributed by atoms with Crippen LogP contribution in [0.4, 0.5) is 0 Å². The fourth-order valence-corrected chi connectivity index (χ4v) is 2.92. The van der Waals surface area contributed by atoms with Crippen molar-refractivity contribution in [1.82, 2.24) is 20.4 Å². The summed E-state index contributed by atoms with van der Waals surface area (Å²) < 4.78 is 5.38. The second-order valence-corrected chi connectivity index (χ2v) is 6.64. The second-order valence-electron chi connectivity index (χ2n) is 6.64. The molecular formula is C19H34IN5O. The van der Waals surface area contributed by atoms with Crippen LogP contribution in [0.5, 0.6) is 0 Å². The van der Waals surface area contributed by atoms with Crippen LogP contribution in [0.2, 0.25) is 0 Å². The van der Waals surface area contributed by atoms with Gasteiger partial charge in [-0.15, -0.1) is 24.0 Å². The Kier molecular flexibility index (Phi) is 11.8. The van der Waals surface area contributed by atoms with Gasteiger partial charge in [-0.3, -0.25) is 9.89 Å². The summed E-state index contributed by atoms with van der Waals surface area (Å²) in [6, 6.07) is 11.0. The van der Waals surface area contributed by atoms with Crippen molar-refractivity contribution in [2.24, 2.45) is 4.99 Å². The maximum absolute atomic E-state index is 5.38. The molecule has 0 bridgehead atoms. The van der Waals surface area contributed by atoms with Gasteiger partial charge >= 0.3 is 0 Å². The lowest BCUT2D eigenvalue weighted by molar-refractivity contribution is 0.0389. The summed E-state index contributed by atoms with van der Waals surface area (Å²) in [6.45, 7) is 6.50. The molecule has 0 spiro atoms. The van der Waals surface area contributed by atoms with Gasteiger partial charge in [0.15, 0.2) is 5.96 Å². The number of nitrogens with zero attached hydrogens (tertiary/aromatic N) is 3. The predicted molar refractivity (Wildman–Crippen MR) is 120 cm³/mol. The number of guanidine groups is 1. The molecule has 0 aliphatic carbocycles. The number of ether oxygens (including phenoxy) is 1. The van der Waals surface area contributed by atoms with E-state index in [0.29, 0.717) is 6.04 Å². The zero-order valence-electron chi connectivity index (χ0n) is 16.3. The standard InChI is InChI=1S/C19H33N5O.HI/c1-20-19(21-9-10-24-11-13-25-14-12-24)22-16-18(23(2)3)15-17-7-5-4-6-8-17;/h4-8,18H,9-16H2,1-3H3,(H2,20,21,22);1H. The van der Waals surface area contributed by atoms with E-state index in [1.807, 2.05) is 7.05 Å². The van der Waals surface area contributed by atoms with Crippen molar-refractivity contribution in [3.05, 3.63) is 35.9 Å². The molecule has 2 N–H and O–H groups in total. The molecule has 1 fully saturated rings. The van der Waals surface area contributed by atoms with Gasteiger partial charge < -0.3 is 20.3 Å². The molecular weight excluding hydrogens is 441 g/mol. The minimum Gasteiger partial charge on any atom is -0.379 e. The minimum atomic E-state index is 0. The number of likely N-dealkylation sites (N-methyl/N-ethyl adjacent to an activating group) is 1. The molecule has 2 rings (SSSR count). The predicted octanol–water partition coefficient (Wildman–Crippen LogP) is 1.27. The molecule has 7 heteroatoms. The Hall–Kier alpha value is -0.900. The monoisotopic (exact) mass is 475 g/mol. The summed E-state index contributed by atoms with van der Waals surface area (Å²) in [6.07, 6.45) is 1.02. The summed E-state index contributed by atoms with van der Waals surface area (Å²) in [7, 11) is 6.08. The van der Waals surface area contributed by atoms with E-state index in [-0.39, 0.29) is 24.0 Å². The third-order valence-electron chi connectivity index (χ3n) is 4.60. The molecule has 1 aromatic rings. The average molecular weight is 475 g/mol. The fourth-order valence-electron chi connectivity index (χ4n) is 2.92. The second kappa shape index (κ2) is 13.3. The van der Waals surface area contributed by atoms with E-state index in [4.69, 9.17) is 4.74 Å². The van der Waals surface area contributed by atoms with Crippen LogP contribution in [0.15, 0.2) is 35.3 Å². The molecule has 1 aliphatic rings. The van der Waals surface area contributed by atoms with E-state index in [1.54, 1.807) is 0 Å². The molecule has 1 aliphatic heterocycles. The van der Waals surface area contributed by atoms with Gasteiger partial charge in [0.2, 0.25) is 0 Å². The molecule has 148 valence electrons. The maximum Gasteiger partial charge on any atom is 0.191 e. The highest BCUT2D eigenvalue weighted by molar-refractivity contribution is 14.0. The Morgan fingerprint density at radius 2 is 1.88 bits per heavy atom. The van der Waals surface area contributed by atoms with Crippen LogP contribution in [0, 0.1) is 0 Å². The van der Waals surface area contributed by atoms with Crippen LogP contribution in [-0.4, -0.2) is 88.9 Å². The topological polar surface area (TPSA) is 52.1 Å². The van der Waals surface area contributed by atoms with Crippen molar-refractivity contribution >= 4 is 29.9 Å². The number of nitrogens with one attached hydrogen (secondary N) is 2. The van der Waals surface area contributed by atoms with Crippen molar-refractivity contribution in [3.8, 4) is 0 Å². The molecule has 6 nitrogen and oxygen atoms in total. The highest BCUT2D eigenvalue weighted by atomic mass is 127. The Morgan fingerprint density at radius 3 is 2.50 bits per heavy atom. The van der Waals surface area contributed by atoms with Gasteiger partial charge in [-0.1, -0.05) is 30.3 Å². The Balaban J connectivity index is 0.00000338. The lowest BCUT2D eigenvalue weighted by Crippen LogP contribution is -2.48. The fraction of sp³-hybridized carbons (Fsp3) is 0.632. The van der Waals surface area contributed by atoms with Gasteiger partial charge in [0, 0.05) is 45.8 Å². The first-order valence-electron chi connectivity index (χ1n) is 9.14. The van der Waals surface area contributed by atoms with Crippen molar-refractivity contribution in [1.29, 1.82) is 0 Å². The van der Waals surface area contributed by atoms with E-state index in [9.17, 15) is 0 Å². The Bertz CT molecular complexity index is 506. The van der Waals surface area contributed by atoms with E-state index in [0.717, 1.165) is 58.3 Å². The van der Waals surface area contributed by atoms with Crippen LogP contribution >= 0.6 is 24.0 Å². The normalized spacial score (nSPS) is 16.8. The third kappa shape index (κ3) is 8.66. The van der Waals surface area contributed by atoms with Crippen molar-refractivity contribution < 1.29 is 4.74 Å². The maximum atomic E-state index is 5.38. The first-order valence-corrected chi connectivity index (χ1v) is 9.14. The molecule has 0 saturated carbocycles. The first kappa shape index (κ1) is 23.1.